The number of aliphatic hydroxyl groups is 1. The smallest absolute Gasteiger partial charge is 0.0803 e. The molecule has 0 aromatic carbocycles. The standard InChI is InChI=1S/C15H32OSi/c1-7-8-11-14(12-9-10-13-16)17(5,6)15(2,3)4/h12,16H,7-11,13H2,1-6H3/b14-12-. The highest BCUT2D eigenvalue weighted by Crippen LogP contribution is 2.42. The van der Waals surface area contributed by atoms with Gasteiger partial charge in [0, 0.05) is 6.61 Å². The highest BCUT2D eigenvalue weighted by Gasteiger charge is 2.37. The second kappa shape index (κ2) is 7.37. The molecule has 1 nitrogen and oxygen atoms in total. The van der Waals surface area contributed by atoms with Crippen LogP contribution in [0.3, 0.4) is 0 Å². The zero-order valence-corrected chi connectivity index (χ0v) is 13.8. The van der Waals surface area contributed by atoms with E-state index in [2.05, 4.69) is 46.9 Å². The minimum absolute atomic E-state index is 0.315. The molecular formula is C15H32OSi. The molecule has 0 heterocycles. The van der Waals surface area contributed by atoms with Crippen LogP contribution in [-0.2, 0) is 0 Å². The van der Waals surface area contributed by atoms with E-state index in [9.17, 15) is 0 Å². The van der Waals surface area contributed by atoms with Gasteiger partial charge in [-0.05, 0) is 24.3 Å². The van der Waals surface area contributed by atoms with Crippen molar-refractivity contribution in [3.05, 3.63) is 11.3 Å². The van der Waals surface area contributed by atoms with Crippen molar-refractivity contribution in [2.45, 2.75) is 77.9 Å². The molecule has 0 amide bonds. The molecule has 0 bridgehead atoms. The second-order valence-electron chi connectivity index (χ2n) is 6.57. The van der Waals surface area contributed by atoms with E-state index in [0.717, 1.165) is 12.8 Å². The number of allylic oxidation sites excluding steroid dienone is 2. The Bertz CT molecular complexity index is 236. The van der Waals surface area contributed by atoms with Gasteiger partial charge >= 0.3 is 0 Å². The fourth-order valence-corrected chi connectivity index (χ4v) is 4.31. The first-order valence-corrected chi connectivity index (χ1v) is 10.1. The first-order chi connectivity index (χ1) is 7.77. The largest absolute Gasteiger partial charge is 0.396 e. The third kappa shape index (κ3) is 5.39. The number of unbranched alkanes of at least 4 members (excludes halogenated alkanes) is 2. The van der Waals surface area contributed by atoms with E-state index in [-0.39, 0.29) is 0 Å². The normalized spacial score (nSPS) is 14.2. The van der Waals surface area contributed by atoms with Gasteiger partial charge in [0.05, 0.1) is 8.07 Å². The van der Waals surface area contributed by atoms with Gasteiger partial charge in [0.1, 0.15) is 0 Å². The van der Waals surface area contributed by atoms with Crippen molar-refractivity contribution in [1.82, 2.24) is 0 Å². The summed E-state index contributed by atoms with van der Waals surface area (Å²) in [5.41, 5.74) is 0. The molecule has 0 fully saturated rings. The van der Waals surface area contributed by atoms with Crippen molar-refractivity contribution in [2.24, 2.45) is 0 Å². The van der Waals surface area contributed by atoms with Crippen molar-refractivity contribution >= 4 is 8.07 Å². The van der Waals surface area contributed by atoms with Gasteiger partial charge in [-0.2, -0.15) is 0 Å². The summed E-state index contributed by atoms with van der Waals surface area (Å²) in [7, 11) is -1.34. The van der Waals surface area contributed by atoms with E-state index in [1.165, 1.54) is 19.3 Å². The highest BCUT2D eigenvalue weighted by atomic mass is 28.3. The minimum atomic E-state index is -1.34. The Morgan fingerprint density at radius 3 is 2.18 bits per heavy atom. The van der Waals surface area contributed by atoms with Crippen LogP contribution in [0.2, 0.25) is 18.1 Å². The Morgan fingerprint density at radius 1 is 1.18 bits per heavy atom. The zero-order valence-electron chi connectivity index (χ0n) is 12.8. The van der Waals surface area contributed by atoms with Crippen molar-refractivity contribution < 1.29 is 5.11 Å². The summed E-state index contributed by atoms with van der Waals surface area (Å²) in [5, 5.41) is 11.0. The Kier molecular flexibility index (Phi) is 7.34. The van der Waals surface area contributed by atoms with Gasteiger partial charge in [-0.1, -0.05) is 64.9 Å². The molecule has 0 saturated heterocycles. The van der Waals surface area contributed by atoms with E-state index >= 15 is 0 Å². The van der Waals surface area contributed by atoms with Gasteiger partial charge in [0.15, 0.2) is 0 Å². The van der Waals surface area contributed by atoms with E-state index in [1.54, 1.807) is 5.20 Å². The molecule has 0 spiro atoms. The summed E-state index contributed by atoms with van der Waals surface area (Å²) in [6, 6.07) is 0. The van der Waals surface area contributed by atoms with Crippen LogP contribution >= 0.6 is 0 Å². The summed E-state index contributed by atoms with van der Waals surface area (Å²) in [5.74, 6) is 0. The van der Waals surface area contributed by atoms with Gasteiger partial charge in [-0.15, -0.1) is 0 Å². The molecule has 0 aliphatic heterocycles. The average Bonchev–Trinajstić information content (AvgIpc) is 2.21. The van der Waals surface area contributed by atoms with Crippen molar-refractivity contribution in [3.63, 3.8) is 0 Å². The molecule has 102 valence electrons. The van der Waals surface area contributed by atoms with E-state index in [1.807, 2.05) is 0 Å². The van der Waals surface area contributed by atoms with Crippen LogP contribution in [0.1, 0.15) is 59.8 Å². The van der Waals surface area contributed by atoms with Crippen LogP contribution in [0, 0.1) is 0 Å². The summed E-state index contributed by atoms with van der Waals surface area (Å²) < 4.78 is 0. The van der Waals surface area contributed by atoms with Gasteiger partial charge in [0.2, 0.25) is 0 Å². The molecule has 2 heteroatoms. The third-order valence-electron chi connectivity index (χ3n) is 4.23. The second-order valence-corrected chi connectivity index (χ2v) is 12.0. The molecule has 0 unspecified atom stereocenters. The summed E-state index contributed by atoms with van der Waals surface area (Å²) in [6.45, 7) is 14.7. The molecular weight excluding hydrogens is 224 g/mol. The van der Waals surface area contributed by atoms with Crippen LogP contribution in [-0.4, -0.2) is 19.8 Å². The van der Waals surface area contributed by atoms with Crippen LogP contribution in [0.25, 0.3) is 0 Å². The topological polar surface area (TPSA) is 20.2 Å². The predicted molar refractivity (Wildman–Crippen MR) is 81.1 cm³/mol. The van der Waals surface area contributed by atoms with Crippen molar-refractivity contribution in [2.75, 3.05) is 6.61 Å². The van der Waals surface area contributed by atoms with Crippen LogP contribution in [0.5, 0.6) is 0 Å². The first-order valence-electron chi connectivity index (χ1n) is 7.07. The molecule has 0 radical (unpaired) electrons. The average molecular weight is 257 g/mol. The number of hydrogen-bond acceptors (Lipinski definition) is 1. The molecule has 0 saturated carbocycles. The van der Waals surface area contributed by atoms with Crippen LogP contribution in [0.15, 0.2) is 11.3 Å². The third-order valence-corrected chi connectivity index (χ3v) is 10.0. The minimum Gasteiger partial charge on any atom is -0.396 e. The van der Waals surface area contributed by atoms with Gasteiger partial charge in [-0.3, -0.25) is 0 Å². The van der Waals surface area contributed by atoms with Gasteiger partial charge in [-0.25, -0.2) is 0 Å². The number of hydrogen-bond donors (Lipinski definition) is 1. The quantitative estimate of drug-likeness (QED) is 0.506. The van der Waals surface area contributed by atoms with E-state index < -0.39 is 8.07 Å². The van der Waals surface area contributed by atoms with Crippen LogP contribution in [0.4, 0.5) is 0 Å². The number of aliphatic hydroxyl groups excluding tert-OH is 1. The summed E-state index contributed by atoms with van der Waals surface area (Å²) in [4.78, 5) is 0. The van der Waals surface area contributed by atoms with Crippen molar-refractivity contribution in [3.8, 4) is 0 Å². The highest BCUT2D eigenvalue weighted by molar-refractivity contribution is 6.86. The summed E-state index contributed by atoms with van der Waals surface area (Å²) >= 11 is 0. The SMILES string of the molecule is CCCC/C(=C/CCCO)[Si](C)(C)C(C)(C)C. The maximum atomic E-state index is 8.90. The molecule has 0 aromatic heterocycles. The molecule has 0 atom stereocenters. The maximum absolute atomic E-state index is 8.90. The van der Waals surface area contributed by atoms with Gasteiger partial charge in [0.25, 0.3) is 0 Å². The van der Waals surface area contributed by atoms with Crippen molar-refractivity contribution in [1.29, 1.82) is 0 Å². The first kappa shape index (κ1) is 16.9. The van der Waals surface area contributed by atoms with E-state index in [4.69, 9.17) is 5.11 Å². The predicted octanol–water partition coefficient (Wildman–Crippen LogP) is 4.92. The zero-order chi connectivity index (χ0) is 13.5. The lowest BCUT2D eigenvalue weighted by Crippen LogP contribution is -2.39. The van der Waals surface area contributed by atoms with Gasteiger partial charge < -0.3 is 5.11 Å². The molecule has 0 aliphatic carbocycles. The molecule has 0 aromatic rings. The Hall–Kier alpha value is -0.0831. The molecule has 0 rings (SSSR count). The Balaban J connectivity index is 4.83. The lowest BCUT2D eigenvalue weighted by atomic mass is 10.2. The fourth-order valence-electron chi connectivity index (χ4n) is 1.89. The number of rotatable bonds is 7. The Morgan fingerprint density at radius 2 is 1.76 bits per heavy atom. The Labute approximate surface area is 109 Å². The van der Waals surface area contributed by atoms with Crippen LogP contribution < -0.4 is 0 Å². The molecule has 1 N–H and O–H groups in total. The summed E-state index contributed by atoms with van der Waals surface area (Å²) in [6.07, 6.45) is 8.22. The lowest BCUT2D eigenvalue weighted by molar-refractivity contribution is 0.289. The fraction of sp³-hybridized carbons (Fsp3) is 0.867. The molecule has 17 heavy (non-hydrogen) atoms. The lowest BCUT2D eigenvalue weighted by Gasteiger charge is -2.39. The maximum Gasteiger partial charge on any atom is 0.0803 e. The monoisotopic (exact) mass is 256 g/mol. The van der Waals surface area contributed by atoms with E-state index in [0.29, 0.717) is 11.6 Å². The molecule has 0 aliphatic rings.